The van der Waals surface area contributed by atoms with Gasteiger partial charge in [-0.05, 0) is 0 Å². The van der Waals surface area contributed by atoms with Gasteiger partial charge in [-0.15, -0.1) is 0 Å². The Balaban J connectivity index is 1.70. The first-order chi connectivity index (χ1) is 8.84. The van der Waals surface area contributed by atoms with Gasteiger partial charge in [-0.3, -0.25) is 0 Å². The monoisotopic (exact) mass is 310 g/mol. The van der Waals surface area contributed by atoms with Crippen LogP contribution in [0, 0.1) is 0 Å². The van der Waals surface area contributed by atoms with E-state index in [1.165, 1.54) is 30.2 Å². The van der Waals surface area contributed by atoms with Crippen molar-refractivity contribution >= 4 is 24.3 Å². The predicted octanol–water partition coefficient (Wildman–Crippen LogP) is 1.54. The van der Waals surface area contributed by atoms with Crippen molar-refractivity contribution in [2.24, 2.45) is 0 Å². The van der Waals surface area contributed by atoms with Crippen molar-refractivity contribution in [2.75, 3.05) is 19.6 Å². The van der Waals surface area contributed by atoms with Crippen LogP contribution in [0.15, 0.2) is 29.1 Å². The van der Waals surface area contributed by atoms with E-state index in [9.17, 15) is 4.79 Å². The minimum atomic E-state index is 0.00420. The zero-order valence-electron chi connectivity index (χ0n) is 10.5. The van der Waals surface area contributed by atoms with Crippen LogP contribution in [0.3, 0.4) is 0 Å². The van der Waals surface area contributed by atoms with E-state index < -0.39 is 0 Å². The average Bonchev–Trinajstić information content (AvgIpc) is 2.98. The van der Waals surface area contributed by atoms with E-state index in [4.69, 9.17) is 0 Å². The Labute approximate surface area is 113 Å². The number of nitrogens with zero attached hydrogens (tertiary/aromatic N) is 2. The average molecular weight is 309 g/mol. The first-order valence-corrected chi connectivity index (χ1v) is 8.36. The van der Waals surface area contributed by atoms with Crippen LogP contribution in [-0.4, -0.2) is 43.6 Å². The number of fused-ring (bicyclic) bond motifs is 1. The predicted molar refractivity (Wildman–Crippen MR) is 75.4 cm³/mol. The van der Waals surface area contributed by atoms with Crippen LogP contribution in [0.5, 0.6) is 0 Å². The number of rotatable bonds is 4. The van der Waals surface area contributed by atoms with Crippen LogP contribution >= 0.6 is 0 Å². The molecule has 1 aromatic carbocycles. The van der Waals surface area contributed by atoms with Crippen molar-refractivity contribution in [3.63, 3.8) is 0 Å². The number of para-hydroxylation sites is 1. The summed E-state index contributed by atoms with van der Waals surface area (Å²) >= 11 is 0.00420. The summed E-state index contributed by atoms with van der Waals surface area (Å²) < 4.78 is 3.56. The molecule has 4 heteroatoms. The molecule has 1 aromatic heterocycles. The molecule has 0 amide bonds. The van der Waals surface area contributed by atoms with Gasteiger partial charge in [0.2, 0.25) is 0 Å². The third-order valence-electron chi connectivity index (χ3n) is 3.63. The summed E-state index contributed by atoms with van der Waals surface area (Å²) in [6.45, 7) is 4.51. The quantitative estimate of drug-likeness (QED) is 0.801. The molecule has 1 aliphatic rings. The Morgan fingerprint density at radius 3 is 2.72 bits per heavy atom. The number of hydrogen-bond donors (Lipinski definition) is 0. The molecule has 0 aliphatic carbocycles. The Kier molecular flexibility index (Phi) is 3.69. The van der Waals surface area contributed by atoms with E-state index in [0.29, 0.717) is 4.43 Å². The molecule has 0 radical (unpaired) electrons. The van der Waals surface area contributed by atoms with E-state index in [0.717, 1.165) is 25.0 Å². The van der Waals surface area contributed by atoms with E-state index >= 15 is 0 Å². The Morgan fingerprint density at radius 1 is 1.11 bits per heavy atom. The number of benzene rings is 1. The topological polar surface area (TPSA) is 25.2 Å². The molecule has 3 nitrogen and oxygen atoms in total. The van der Waals surface area contributed by atoms with Gasteiger partial charge in [0.25, 0.3) is 0 Å². The van der Waals surface area contributed by atoms with Crippen LogP contribution in [0.4, 0.5) is 0 Å². The molecule has 0 saturated carbocycles. The molecule has 0 unspecified atom stereocenters. The van der Waals surface area contributed by atoms with E-state index in [1.807, 2.05) is 16.7 Å². The summed E-state index contributed by atoms with van der Waals surface area (Å²) in [4.78, 5) is 14.5. The molecule has 0 spiro atoms. The Hall–Kier alpha value is -0.831. The van der Waals surface area contributed by atoms with Crippen molar-refractivity contribution in [3.05, 3.63) is 33.5 Å². The summed E-state index contributed by atoms with van der Waals surface area (Å²) in [7, 11) is 0. The number of aromatic nitrogens is 1. The molecule has 0 atom stereocenters. The second kappa shape index (κ2) is 5.43. The molecule has 18 heavy (non-hydrogen) atoms. The standard InChI is InChI=1S/C14H18N2OSe/c17-14-16(11-5-10-15-8-3-4-9-15)12-6-1-2-7-13(12)18-14/h1-2,6-7H,3-5,8-11H2. The second-order valence-corrected chi connectivity index (χ2v) is 6.97. The van der Waals surface area contributed by atoms with Gasteiger partial charge in [-0.1, -0.05) is 0 Å². The fourth-order valence-corrected chi connectivity index (χ4v) is 4.61. The summed E-state index contributed by atoms with van der Waals surface area (Å²) in [6.07, 6.45) is 3.78. The molecule has 96 valence electrons. The van der Waals surface area contributed by atoms with Crippen molar-refractivity contribution in [1.29, 1.82) is 0 Å². The Morgan fingerprint density at radius 2 is 1.89 bits per heavy atom. The van der Waals surface area contributed by atoms with Crippen LogP contribution in [0.1, 0.15) is 19.3 Å². The van der Waals surface area contributed by atoms with Crippen LogP contribution in [0.2, 0.25) is 0 Å². The molecular formula is C14H18N2OSe. The third kappa shape index (κ3) is 2.46. The van der Waals surface area contributed by atoms with Crippen molar-refractivity contribution in [3.8, 4) is 0 Å². The SMILES string of the molecule is O=c1[se]c2ccccc2n1CCCN1CCCC1. The van der Waals surface area contributed by atoms with Gasteiger partial charge in [0.1, 0.15) is 0 Å². The maximum absolute atomic E-state index is 12.0. The van der Waals surface area contributed by atoms with Crippen molar-refractivity contribution in [2.45, 2.75) is 25.8 Å². The van der Waals surface area contributed by atoms with Gasteiger partial charge in [-0.25, -0.2) is 0 Å². The van der Waals surface area contributed by atoms with Crippen molar-refractivity contribution in [1.82, 2.24) is 9.47 Å². The van der Waals surface area contributed by atoms with Gasteiger partial charge in [0.05, 0.1) is 0 Å². The van der Waals surface area contributed by atoms with Gasteiger partial charge in [0.15, 0.2) is 0 Å². The summed E-state index contributed by atoms with van der Waals surface area (Å²) in [5, 5.41) is 0. The molecule has 1 aliphatic heterocycles. The van der Waals surface area contributed by atoms with Crippen LogP contribution in [0.25, 0.3) is 9.78 Å². The molecule has 3 rings (SSSR count). The number of likely N-dealkylation sites (tertiary alicyclic amines) is 1. The maximum atomic E-state index is 12.0. The normalized spacial score (nSPS) is 16.7. The summed E-state index contributed by atoms with van der Waals surface area (Å²) in [6, 6.07) is 8.23. The molecule has 1 saturated heterocycles. The Bertz CT molecular complexity index is 581. The molecular weight excluding hydrogens is 291 g/mol. The van der Waals surface area contributed by atoms with E-state index in [2.05, 4.69) is 17.0 Å². The molecule has 1 fully saturated rings. The molecule has 2 heterocycles. The molecule has 0 N–H and O–H groups in total. The van der Waals surface area contributed by atoms with E-state index in [1.54, 1.807) is 0 Å². The van der Waals surface area contributed by atoms with Gasteiger partial charge in [-0.2, -0.15) is 0 Å². The van der Waals surface area contributed by atoms with Gasteiger partial charge < -0.3 is 0 Å². The van der Waals surface area contributed by atoms with Crippen LogP contribution in [-0.2, 0) is 6.54 Å². The van der Waals surface area contributed by atoms with Crippen molar-refractivity contribution < 1.29 is 0 Å². The summed E-state index contributed by atoms with van der Waals surface area (Å²) in [5.41, 5.74) is 1.16. The minimum absolute atomic E-state index is 0.00420. The number of hydrogen-bond acceptors (Lipinski definition) is 2. The molecule has 0 bridgehead atoms. The zero-order valence-corrected chi connectivity index (χ0v) is 12.2. The fourth-order valence-electron chi connectivity index (χ4n) is 2.68. The zero-order chi connectivity index (χ0) is 12.4. The summed E-state index contributed by atoms with van der Waals surface area (Å²) in [5.74, 6) is 0. The first kappa shape index (κ1) is 12.2. The first-order valence-electron chi connectivity index (χ1n) is 6.65. The van der Waals surface area contributed by atoms with Crippen LogP contribution < -0.4 is 4.43 Å². The van der Waals surface area contributed by atoms with E-state index in [-0.39, 0.29) is 14.5 Å². The second-order valence-electron chi connectivity index (χ2n) is 4.89. The van der Waals surface area contributed by atoms with Gasteiger partial charge >= 0.3 is 113 Å². The number of aryl methyl sites for hydroxylation is 1. The van der Waals surface area contributed by atoms with Gasteiger partial charge in [0, 0.05) is 0 Å². The third-order valence-corrected chi connectivity index (χ3v) is 5.64. The fraction of sp³-hybridized carbons (Fsp3) is 0.500. The molecule has 2 aromatic rings.